The molecule has 118 valence electrons. The lowest BCUT2D eigenvalue weighted by atomic mass is 9.89. The Bertz CT molecular complexity index is 665. The molecule has 0 fully saturated rings. The highest BCUT2D eigenvalue weighted by Gasteiger charge is 2.29. The summed E-state index contributed by atoms with van der Waals surface area (Å²) >= 11 is 5.77. The number of sulfonamides is 1. The predicted molar refractivity (Wildman–Crippen MR) is 82.1 cm³/mol. The largest absolute Gasteiger partial charge is 0.289 e. The Labute approximate surface area is 129 Å². The van der Waals surface area contributed by atoms with Gasteiger partial charge < -0.3 is 0 Å². The smallest absolute Gasteiger partial charge is 0.258 e. The molecule has 0 aliphatic rings. The molecule has 0 radical (unpaired) electrons. The Hall–Kier alpha value is -1.18. The molecule has 1 aromatic carbocycles. The Balaban J connectivity index is 3.32. The van der Waals surface area contributed by atoms with Crippen molar-refractivity contribution >= 4 is 27.3 Å². The van der Waals surface area contributed by atoms with Crippen molar-refractivity contribution in [2.24, 2.45) is 5.41 Å². The standard InChI is InChI=1S/C13H19ClN2O4S/c1-8-6-10(14)11(16(17)18)7-12(8)21(19,20)15-9(2)13(3,4)5/h6-7,9,15H,1-5H3. The van der Waals surface area contributed by atoms with E-state index in [2.05, 4.69) is 4.72 Å². The molecule has 0 saturated carbocycles. The van der Waals surface area contributed by atoms with Crippen molar-refractivity contribution in [1.82, 2.24) is 4.72 Å². The number of benzene rings is 1. The van der Waals surface area contributed by atoms with Crippen LogP contribution in [0.4, 0.5) is 5.69 Å². The van der Waals surface area contributed by atoms with Crippen LogP contribution in [0.3, 0.4) is 0 Å². The summed E-state index contributed by atoms with van der Waals surface area (Å²) in [6, 6.07) is 1.95. The van der Waals surface area contributed by atoms with Crippen molar-refractivity contribution in [3.05, 3.63) is 32.8 Å². The number of nitro groups is 1. The summed E-state index contributed by atoms with van der Waals surface area (Å²) in [4.78, 5) is 10.1. The summed E-state index contributed by atoms with van der Waals surface area (Å²) in [5.74, 6) is 0. The first kappa shape index (κ1) is 17.9. The van der Waals surface area contributed by atoms with Gasteiger partial charge in [0.2, 0.25) is 10.0 Å². The monoisotopic (exact) mass is 334 g/mol. The van der Waals surface area contributed by atoms with Crippen molar-refractivity contribution in [3.8, 4) is 0 Å². The third kappa shape index (κ3) is 4.15. The minimum absolute atomic E-state index is 0.0830. The van der Waals surface area contributed by atoms with Gasteiger partial charge in [-0.2, -0.15) is 0 Å². The number of halogens is 1. The van der Waals surface area contributed by atoms with Gasteiger partial charge in [0.25, 0.3) is 5.69 Å². The number of hydrogen-bond donors (Lipinski definition) is 1. The first-order chi connectivity index (χ1) is 9.36. The predicted octanol–water partition coefficient (Wildman–Crippen LogP) is 3.27. The molecule has 1 unspecified atom stereocenters. The lowest BCUT2D eigenvalue weighted by Crippen LogP contribution is -2.41. The Kier molecular flexibility index (Phi) is 5.02. The number of aryl methyl sites for hydroxylation is 1. The maximum Gasteiger partial charge on any atom is 0.289 e. The van der Waals surface area contributed by atoms with Gasteiger partial charge in [-0.3, -0.25) is 10.1 Å². The molecular formula is C13H19ClN2O4S. The quantitative estimate of drug-likeness (QED) is 0.676. The van der Waals surface area contributed by atoms with E-state index in [1.165, 1.54) is 6.07 Å². The second-order valence-corrected chi connectivity index (χ2v) is 8.12. The van der Waals surface area contributed by atoms with Crippen LogP contribution in [0.1, 0.15) is 33.3 Å². The van der Waals surface area contributed by atoms with Gasteiger partial charge in [-0.15, -0.1) is 0 Å². The lowest BCUT2D eigenvalue weighted by Gasteiger charge is -2.28. The molecule has 0 aliphatic carbocycles. The summed E-state index contributed by atoms with van der Waals surface area (Å²) in [7, 11) is -3.86. The van der Waals surface area contributed by atoms with Crippen molar-refractivity contribution < 1.29 is 13.3 Å². The Morgan fingerprint density at radius 1 is 1.33 bits per heavy atom. The molecule has 6 nitrogen and oxygen atoms in total. The van der Waals surface area contributed by atoms with Crippen molar-refractivity contribution in [1.29, 1.82) is 0 Å². The molecule has 0 aromatic heterocycles. The van der Waals surface area contributed by atoms with E-state index >= 15 is 0 Å². The molecule has 0 heterocycles. The highest BCUT2D eigenvalue weighted by atomic mass is 35.5. The van der Waals surface area contributed by atoms with E-state index in [0.717, 1.165) is 6.07 Å². The molecule has 1 aromatic rings. The van der Waals surface area contributed by atoms with Gasteiger partial charge in [0.1, 0.15) is 5.02 Å². The zero-order valence-electron chi connectivity index (χ0n) is 12.6. The molecule has 0 amide bonds. The zero-order valence-corrected chi connectivity index (χ0v) is 14.2. The van der Waals surface area contributed by atoms with Crippen LogP contribution in [0.2, 0.25) is 5.02 Å². The zero-order chi connectivity index (χ0) is 16.6. The van der Waals surface area contributed by atoms with Gasteiger partial charge in [-0.1, -0.05) is 32.4 Å². The molecule has 1 N–H and O–H groups in total. The number of nitrogens with zero attached hydrogens (tertiary/aromatic N) is 1. The maximum atomic E-state index is 12.4. The van der Waals surface area contributed by atoms with Gasteiger partial charge in [0.05, 0.1) is 9.82 Å². The molecule has 8 heteroatoms. The topological polar surface area (TPSA) is 89.3 Å². The molecule has 1 atom stereocenters. The summed E-state index contributed by atoms with van der Waals surface area (Å²) in [5, 5.41) is 10.8. The normalized spacial score (nSPS) is 14.0. The van der Waals surface area contributed by atoms with Crippen molar-refractivity contribution in [3.63, 3.8) is 0 Å². The van der Waals surface area contributed by atoms with Crippen molar-refractivity contribution in [2.45, 2.75) is 45.6 Å². The van der Waals surface area contributed by atoms with Gasteiger partial charge in [-0.05, 0) is 30.9 Å². The minimum Gasteiger partial charge on any atom is -0.258 e. The van der Waals surface area contributed by atoms with Crippen LogP contribution in [0.5, 0.6) is 0 Å². The van der Waals surface area contributed by atoms with Crippen LogP contribution in [0.25, 0.3) is 0 Å². The Morgan fingerprint density at radius 2 is 1.86 bits per heavy atom. The van der Waals surface area contributed by atoms with E-state index in [1.54, 1.807) is 13.8 Å². The molecule has 21 heavy (non-hydrogen) atoms. The molecule has 0 saturated heterocycles. The van der Waals surface area contributed by atoms with Gasteiger partial charge in [-0.25, -0.2) is 13.1 Å². The fourth-order valence-corrected chi connectivity index (χ4v) is 3.53. The maximum absolute atomic E-state index is 12.4. The minimum atomic E-state index is -3.86. The van der Waals surface area contributed by atoms with Crippen LogP contribution in [0, 0.1) is 22.5 Å². The van der Waals surface area contributed by atoms with E-state index in [-0.39, 0.29) is 21.4 Å². The van der Waals surface area contributed by atoms with Crippen LogP contribution in [0.15, 0.2) is 17.0 Å². The fraction of sp³-hybridized carbons (Fsp3) is 0.538. The van der Waals surface area contributed by atoms with Crippen LogP contribution in [-0.4, -0.2) is 19.4 Å². The van der Waals surface area contributed by atoms with E-state index in [9.17, 15) is 18.5 Å². The van der Waals surface area contributed by atoms with E-state index in [1.807, 2.05) is 20.8 Å². The van der Waals surface area contributed by atoms with E-state index in [0.29, 0.717) is 5.56 Å². The molecule has 1 rings (SSSR count). The van der Waals surface area contributed by atoms with Crippen molar-refractivity contribution in [2.75, 3.05) is 0 Å². The second-order valence-electron chi connectivity index (χ2n) is 6.04. The number of nitrogens with one attached hydrogen (secondary N) is 1. The first-order valence-electron chi connectivity index (χ1n) is 6.33. The molecule has 0 aliphatic heterocycles. The van der Waals surface area contributed by atoms with Crippen LogP contribution < -0.4 is 4.72 Å². The summed E-state index contributed by atoms with van der Waals surface area (Å²) in [6.45, 7) is 9.00. The summed E-state index contributed by atoms with van der Waals surface area (Å²) < 4.78 is 27.4. The lowest BCUT2D eigenvalue weighted by molar-refractivity contribution is -0.384. The second kappa shape index (κ2) is 5.90. The SMILES string of the molecule is Cc1cc(Cl)c([N+](=O)[O-])cc1S(=O)(=O)NC(C)C(C)(C)C. The number of hydrogen-bond acceptors (Lipinski definition) is 4. The molecule has 0 spiro atoms. The van der Waals surface area contributed by atoms with Gasteiger partial charge in [0.15, 0.2) is 0 Å². The van der Waals surface area contributed by atoms with E-state index < -0.39 is 20.6 Å². The average Bonchev–Trinajstić information content (AvgIpc) is 2.25. The summed E-state index contributed by atoms with van der Waals surface area (Å²) in [5.41, 5.74) is -0.343. The highest BCUT2D eigenvalue weighted by molar-refractivity contribution is 7.89. The summed E-state index contributed by atoms with van der Waals surface area (Å²) in [6.07, 6.45) is 0. The Morgan fingerprint density at radius 3 is 2.29 bits per heavy atom. The van der Waals surface area contributed by atoms with Crippen LogP contribution >= 0.6 is 11.6 Å². The first-order valence-corrected chi connectivity index (χ1v) is 8.19. The van der Waals surface area contributed by atoms with E-state index in [4.69, 9.17) is 11.6 Å². The number of rotatable bonds is 4. The third-order valence-electron chi connectivity index (χ3n) is 3.36. The van der Waals surface area contributed by atoms with Gasteiger partial charge in [0, 0.05) is 12.1 Å². The fourth-order valence-electron chi connectivity index (χ4n) is 1.54. The van der Waals surface area contributed by atoms with Crippen LogP contribution in [-0.2, 0) is 10.0 Å². The third-order valence-corrected chi connectivity index (χ3v) is 5.35. The van der Waals surface area contributed by atoms with Gasteiger partial charge >= 0.3 is 0 Å². The molecule has 0 bridgehead atoms. The molecular weight excluding hydrogens is 316 g/mol. The number of nitro benzene ring substituents is 1. The average molecular weight is 335 g/mol. The highest BCUT2D eigenvalue weighted by Crippen LogP contribution is 2.30.